The highest BCUT2D eigenvalue weighted by Gasteiger charge is 2.31. The summed E-state index contributed by atoms with van der Waals surface area (Å²) >= 11 is 0. The SMILES string of the molecule is O=C1CCC(C(=O)N2CCC(COc3ccc4nc(C5CC5)cn4n3)CC2)NN1. The lowest BCUT2D eigenvalue weighted by Gasteiger charge is -2.35. The molecule has 2 aliphatic heterocycles. The number of aromatic nitrogens is 3. The Morgan fingerprint density at radius 3 is 2.72 bits per heavy atom. The summed E-state index contributed by atoms with van der Waals surface area (Å²) in [6.07, 6.45) is 7.21. The fourth-order valence-electron chi connectivity index (χ4n) is 4.04. The van der Waals surface area contributed by atoms with E-state index in [1.807, 2.05) is 23.2 Å². The van der Waals surface area contributed by atoms with Crippen molar-refractivity contribution in [3.63, 3.8) is 0 Å². The summed E-state index contributed by atoms with van der Waals surface area (Å²) in [5.41, 5.74) is 7.36. The molecule has 9 nitrogen and oxygen atoms in total. The van der Waals surface area contributed by atoms with E-state index < -0.39 is 0 Å². The zero-order valence-electron chi connectivity index (χ0n) is 16.3. The number of hydrogen-bond donors (Lipinski definition) is 2. The van der Waals surface area contributed by atoms with Gasteiger partial charge in [0.15, 0.2) is 5.65 Å². The second-order valence-electron chi connectivity index (χ2n) is 8.28. The van der Waals surface area contributed by atoms with E-state index in [2.05, 4.69) is 20.9 Å². The maximum Gasteiger partial charge on any atom is 0.241 e. The minimum atomic E-state index is -0.313. The van der Waals surface area contributed by atoms with E-state index in [9.17, 15) is 9.59 Å². The standard InChI is InChI=1S/C20H26N6O3/c27-18-5-3-15(22-23-18)20(28)25-9-7-13(8-10-25)12-29-19-6-4-17-21-16(14-1-2-14)11-26(17)24-19/h4,6,11,13-15,22H,1-3,5,7-10,12H2,(H,23,27). The number of ether oxygens (including phenoxy) is 1. The molecule has 1 aliphatic carbocycles. The van der Waals surface area contributed by atoms with Gasteiger partial charge in [0.05, 0.1) is 18.5 Å². The van der Waals surface area contributed by atoms with Gasteiger partial charge < -0.3 is 9.64 Å². The van der Waals surface area contributed by atoms with Crippen molar-refractivity contribution in [1.29, 1.82) is 0 Å². The molecule has 3 aliphatic rings. The number of hydrazine groups is 1. The van der Waals surface area contributed by atoms with Crippen LogP contribution in [0.4, 0.5) is 0 Å². The maximum atomic E-state index is 12.6. The first-order valence-electron chi connectivity index (χ1n) is 10.5. The highest BCUT2D eigenvalue weighted by Crippen LogP contribution is 2.39. The molecule has 0 aromatic carbocycles. The first-order chi connectivity index (χ1) is 14.2. The summed E-state index contributed by atoms with van der Waals surface area (Å²) in [6.45, 7) is 2.04. The Kier molecular flexibility index (Phi) is 4.83. The van der Waals surface area contributed by atoms with Crippen LogP contribution in [0.2, 0.25) is 0 Å². The van der Waals surface area contributed by atoms with Gasteiger partial charge in [-0.05, 0) is 44.1 Å². The maximum absolute atomic E-state index is 12.6. The van der Waals surface area contributed by atoms with Crippen LogP contribution in [0.25, 0.3) is 5.65 Å². The predicted molar refractivity (Wildman–Crippen MR) is 104 cm³/mol. The Balaban J connectivity index is 1.11. The van der Waals surface area contributed by atoms with Gasteiger partial charge in [-0.2, -0.15) is 0 Å². The molecule has 1 saturated carbocycles. The molecule has 9 heteroatoms. The normalized spacial score (nSPS) is 23.2. The van der Waals surface area contributed by atoms with Crippen LogP contribution >= 0.6 is 0 Å². The number of nitrogens with zero attached hydrogens (tertiary/aromatic N) is 4. The fourth-order valence-corrected chi connectivity index (χ4v) is 4.04. The molecule has 2 aromatic rings. The van der Waals surface area contributed by atoms with E-state index in [1.54, 1.807) is 4.52 Å². The molecule has 0 radical (unpaired) electrons. The third-order valence-corrected chi connectivity index (χ3v) is 6.05. The van der Waals surface area contributed by atoms with Crippen molar-refractivity contribution in [3.05, 3.63) is 24.0 Å². The van der Waals surface area contributed by atoms with Crippen molar-refractivity contribution in [2.24, 2.45) is 5.92 Å². The van der Waals surface area contributed by atoms with Crippen LogP contribution in [0.5, 0.6) is 5.88 Å². The van der Waals surface area contributed by atoms with Gasteiger partial charge in [-0.25, -0.2) is 14.9 Å². The highest BCUT2D eigenvalue weighted by atomic mass is 16.5. The van der Waals surface area contributed by atoms with Crippen LogP contribution in [0.1, 0.15) is 50.1 Å². The molecule has 0 bridgehead atoms. The van der Waals surface area contributed by atoms with Crippen LogP contribution in [0.15, 0.2) is 18.3 Å². The molecule has 29 heavy (non-hydrogen) atoms. The van der Waals surface area contributed by atoms with Crippen LogP contribution in [0, 0.1) is 5.92 Å². The molecule has 2 aromatic heterocycles. The number of carbonyl (C=O) groups excluding carboxylic acids is 2. The minimum Gasteiger partial charge on any atom is -0.476 e. The topological polar surface area (TPSA) is 101 Å². The second kappa shape index (κ2) is 7.62. The average molecular weight is 398 g/mol. The number of fused-ring (bicyclic) bond motifs is 1. The Hall–Kier alpha value is -2.68. The van der Waals surface area contributed by atoms with E-state index in [4.69, 9.17) is 4.74 Å². The second-order valence-corrected chi connectivity index (χ2v) is 8.28. The van der Waals surface area contributed by atoms with Crippen molar-refractivity contribution >= 4 is 17.5 Å². The molecule has 1 atom stereocenters. The molecule has 2 N–H and O–H groups in total. The number of nitrogens with one attached hydrogen (secondary N) is 2. The number of carbonyl (C=O) groups is 2. The molecule has 1 unspecified atom stereocenters. The van der Waals surface area contributed by atoms with E-state index in [0.717, 1.165) is 37.3 Å². The molecule has 2 saturated heterocycles. The van der Waals surface area contributed by atoms with E-state index in [0.29, 0.717) is 37.2 Å². The van der Waals surface area contributed by atoms with Crippen LogP contribution in [-0.4, -0.2) is 57.1 Å². The number of imidazole rings is 1. The van der Waals surface area contributed by atoms with Gasteiger partial charge in [-0.3, -0.25) is 15.0 Å². The molecular weight excluding hydrogens is 372 g/mol. The Bertz CT molecular complexity index is 906. The Morgan fingerprint density at radius 2 is 2.00 bits per heavy atom. The van der Waals surface area contributed by atoms with E-state index in [-0.39, 0.29) is 17.9 Å². The van der Waals surface area contributed by atoms with Gasteiger partial charge in [0.25, 0.3) is 0 Å². The lowest BCUT2D eigenvalue weighted by molar-refractivity contribution is -0.137. The molecule has 2 amide bonds. The number of piperidine rings is 1. The zero-order chi connectivity index (χ0) is 19.8. The summed E-state index contributed by atoms with van der Waals surface area (Å²) in [6, 6.07) is 3.51. The third-order valence-electron chi connectivity index (χ3n) is 6.05. The van der Waals surface area contributed by atoms with Crippen molar-refractivity contribution in [2.45, 2.75) is 50.5 Å². The zero-order valence-corrected chi connectivity index (χ0v) is 16.3. The average Bonchev–Trinajstić information content (AvgIpc) is 3.52. The molecule has 5 rings (SSSR count). The quantitative estimate of drug-likeness (QED) is 0.780. The fraction of sp³-hybridized carbons (Fsp3) is 0.600. The van der Waals surface area contributed by atoms with Crippen molar-refractivity contribution < 1.29 is 14.3 Å². The molecule has 154 valence electrons. The van der Waals surface area contributed by atoms with Gasteiger partial charge in [0.2, 0.25) is 17.7 Å². The van der Waals surface area contributed by atoms with Crippen molar-refractivity contribution in [3.8, 4) is 5.88 Å². The number of likely N-dealkylation sites (tertiary alicyclic amines) is 1. The smallest absolute Gasteiger partial charge is 0.241 e. The summed E-state index contributed by atoms with van der Waals surface area (Å²) in [5.74, 6) is 1.63. The molecular formula is C20H26N6O3. The van der Waals surface area contributed by atoms with E-state index >= 15 is 0 Å². The summed E-state index contributed by atoms with van der Waals surface area (Å²) in [5, 5.41) is 4.53. The summed E-state index contributed by atoms with van der Waals surface area (Å²) in [4.78, 5) is 30.3. The van der Waals surface area contributed by atoms with Crippen molar-refractivity contribution in [1.82, 2.24) is 30.3 Å². The lowest BCUT2D eigenvalue weighted by atomic mass is 9.96. The Labute approximate surface area is 168 Å². The van der Waals surface area contributed by atoms with E-state index in [1.165, 1.54) is 12.8 Å². The number of rotatable bonds is 5. The van der Waals surface area contributed by atoms with Gasteiger partial charge in [0.1, 0.15) is 6.04 Å². The lowest BCUT2D eigenvalue weighted by Crippen LogP contribution is -2.57. The largest absolute Gasteiger partial charge is 0.476 e. The minimum absolute atomic E-state index is 0.0591. The molecule has 4 heterocycles. The van der Waals surface area contributed by atoms with Gasteiger partial charge in [0, 0.05) is 31.5 Å². The molecule has 0 spiro atoms. The first kappa shape index (κ1) is 18.4. The van der Waals surface area contributed by atoms with Crippen LogP contribution in [-0.2, 0) is 9.59 Å². The van der Waals surface area contributed by atoms with Crippen LogP contribution < -0.4 is 15.6 Å². The van der Waals surface area contributed by atoms with Crippen molar-refractivity contribution in [2.75, 3.05) is 19.7 Å². The highest BCUT2D eigenvalue weighted by molar-refractivity contribution is 5.85. The van der Waals surface area contributed by atoms with Gasteiger partial charge >= 0.3 is 0 Å². The third kappa shape index (κ3) is 4.05. The van der Waals surface area contributed by atoms with Gasteiger partial charge in [-0.15, -0.1) is 5.10 Å². The van der Waals surface area contributed by atoms with Crippen LogP contribution in [0.3, 0.4) is 0 Å². The number of hydrogen-bond acceptors (Lipinski definition) is 6. The Morgan fingerprint density at radius 1 is 1.17 bits per heavy atom. The predicted octanol–water partition coefficient (Wildman–Crippen LogP) is 1.01. The summed E-state index contributed by atoms with van der Waals surface area (Å²) < 4.78 is 7.75. The number of amides is 2. The first-order valence-corrected chi connectivity index (χ1v) is 10.5. The summed E-state index contributed by atoms with van der Waals surface area (Å²) in [7, 11) is 0. The molecule has 3 fully saturated rings. The monoisotopic (exact) mass is 398 g/mol. The van der Waals surface area contributed by atoms with Gasteiger partial charge in [-0.1, -0.05) is 0 Å².